The molecule has 0 aromatic heterocycles. The summed E-state index contributed by atoms with van der Waals surface area (Å²) in [4.78, 5) is 16.8. The van der Waals surface area contributed by atoms with E-state index in [2.05, 4.69) is 42.3 Å². The minimum atomic E-state index is -0.0787. The van der Waals surface area contributed by atoms with Crippen molar-refractivity contribution in [3.63, 3.8) is 0 Å². The van der Waals surface area contributed by atoms with Gasteiger partial charge >= 0.3 is 6.03 Å². The highest BCUT2D eigenvalue weighted by molar-refractivity contribution is 5.90. The summed E-state index contributed by atoms with van der Waals surface area (Å²) in [6.45, 7) is 7.57. The molecule has 0 unspecified atom stereocenters. The van der Waals surface area contributed by atoms with Crippen LogP contribution < -0.4 is 19.7 Å². The van der Waals surface area contributed by atoms with Crippen LogP contribution in [0.4, 0.5) is 16.2 Å². The number of amides is 2. The molecule has 1 saturated heterocycles. The third-order valence-electron chi connectivity index (χ3n) is 4.95. The monoisotopic (exact) mass is 353 g/mol. The van der Waals surface area contributed by atoms with E-state index in [9.17, 15) is 4.79 Å². The van der Waals surface area contributed by atoms with Gasteiger partial charge in [0, 0.05) is 43.6 Å². The van der Waals surface area contributed by atoms with Gasteiger partial charge in [-0.25, -0.2) is 4.79 Å². The van der Waals surface area contributed by atoms with E-state index in [-0.39, 0.29) is 12.8 Å². The molecule has 2 aliphatic heterocycles. The highest BCUT2D eigenvalue weighted by Gasteiger charge is 2.23. The maximum absolute atomic E-state index is 12.6. The number of benzene rings is 2. The van der Waals surface area contributed by atoms with Crippen LogP contribution in [0.5, 0.6) is 11.5 Å². The van der Waals surface area contributed by atoms with E-state index in [1.165, 1.54) is 16.8 Å². The highest BCUT2D eigenvalue weighted by atomic mass is 16.7. The zero-order valence-corrected chi connectivity index (χ0v) is 15.1. The molecule has 136 valence electrons. The molecule has 2 aromatic rings. The maximum Gasteiger partial charge on any atom is 0.321 e. The first-order valence-corrected chi connectivity index (χ1v) is 8.88. The average Bonchev–Trinajstić information content (AvgIpc) is 3.10. The largest absolute Gasteiger partial charge is 0.454 e. The van der Waals surface area contributed by atoms with Gasteiger partial charge in [-0.1, -0.05) is 18.2 Å². The minimum Gasteiger partial charge on any atom is -0.454 e. The van der Waals surface area contributed by atoms with Crippen molar-refractivity contribution in [2.75, 3.05) is 43.2 Å². The number of rotatable bonds is 2. The van der Waals surface area contributed by atoms with Crippen LogP contribution >= 0.6 is 0 Å². The molecule has 2 heterocycles. The molecule has 2 aliphatic rings. The Morgan fingerprint density at radius 1 is 0.962 bits per heavy atom. The average molecular weight is 353 g/mol. The van der Waals surface area contributed by atoms with Crippen LogP contribution in [-0.4, -0.2) is 43.9 Å². The van der Waals surface area contributed by atoms with Gasteiger partial charge in [0.15, 0.2) is 11.5 Å². The molecule has 2 amide bonds. The quantitative estimate of drug-likeness (QED) is 0.899. The predicted octanol–water partition coefficient (Wildman–Crippen LogP) is 3.39. The van der Waals surface area contributed by atoms with Gasteiger partial charge < -0.3 is 24.6 Å². The Morgan fingerprint density at radius 3 is 2.38 bits per heavy atom. The van der Waals surface area contributed by atoms with Crippen molar-refractivity contribution in [3.05, 3.63) is 47.5 Å². The van der Waals surface area contributed by atoms with Crippen molar-refractivity contribution in [1.82, 2.24) is 4.90 Å². The highest BCUT2D eigenvalue weighted by Crippen LogP contribution is 2.34. The van der Waals surface area contributed by atoms with Crippen LogP contribution in [0.25, 0.3) is 0 Å². The summed E-state index contributed by atoms with van der Waals surface area (Å²) in [6.07, 6.45) is 0. The van der Waals surface area contributed by atoms with E-state index in [1.807, 2.05) is 17.0 Å². The number of carbonyl (C=O) groups is 1. The fraction of sp³-hybridized carbons (Fsp3) is 0.350. The Kier molecular flexibility index (Phi) is 4.32. The van der Waals surface area contributed by atoms with Crippen LogP contribution in [0, 0.1) is 13.8 Å². The summed E-state index contributed by atoms with van der Waals surface area (Å²) in [5, 5.41) is 2.95. The second-order valence-electron chi connectivity index (χ2n) is 6.71. The van der Waals surface area contributed by atoms with Crippen molar-refractivity contribution >= 4 is 17.4 Å². The Labute approximate surface area is 153 Å². The van der Waals surface area contributed by atoms with E-state index in [1.54, 1.807) is 6.07 Å². The fourth-order valence-corrected chi connectivity index (χ4v) is 3.61. The standard InChI is InChI=1S/C20H23N3O3/c1-14-4-3-5-15(2)19(14)22-8-10-23(11-9-22)20(24)21-16-6-7-17-18(12-16)26-13-25-17/h3-7,12H,8-11,13H2,1-2H3,(H,21,24). The summed E-state index contributed by atoms with van der Waals surface area (Å²) in [5.74, 6) is 1.38. The second kappa shape index (κ2) is 6.78. The molecule has 0 aliphatic carbocycles. The number of hydrogen-bond acceptors (Lipinski definition) is 4. The number of piperazine rings is 1. The third-order valence-corrected chi connectivity index (χ3v) is 4.95. The number of nitrogens with zero attached hydrogens (tertiary/aromatic N) is 2. The van der Waals surface area contributed by atoms with E-state index in [0.29, 0.717) is 24.6 Å². The first kappa shape index (κ1) is 16.6. The third kappa shape index (κ3) is 3.14. The smallest absolute Gasteiger partial charge is 0.321 e. The Balaban J connectivity index is 1.38. The number of anilines is 2. The van der Waals surface area contributed by atoms with E-state index in [0.717, 1.165) is 18.8 Å². The van der Waals surface area contributed by atoms with Gasteiger partial charge in [-0.3, -0.25) is 0 Å². The van der Waals surface area contributed by atoms with Crippen molar-refractivity contribution in [2.45, 2.75) is 13.8 Å². The van der Waals surface area contributed by atoms with Crippen LogP contribution in [0.1, 0.15) is 11.1 Å². The van der Waals surface area contributed by atoms with Crippen LogP contribution in [0.3, 0.4) is 0 Å². The molecule has 0 atom stereocenters. The van der Waals surface area contributed by atoms with Crippen molar-refractivity contribution in [1.29, 1.82) is 0 Å². The van der Waals surface area contributed by atoms with Gasteiger partial charge in [0.25, 0.3) is 0 Å². The zero-order valence-electron chi connectivity index (χ0n) is 15.1. The van der Waals surface area contributed by atoms with E-state index >= 15 is 0 Å². The molecule has 26 heavy (non-hydrogen) atoms. The number of fused-ring (bicyclic) bond motifs is 1. The molecular formula is C20H23N3O3. The Hall–Kier alpha value is -2.89. The number of hydrogen-bond donors (Lipinski definition) is 1. The summed E-state index contributed by atoms with van der Waals surface area (Å²) in [7, 11) is 0. The first-order chi connectivity index (χ1) is 12.6. The molecule has 0 radical (unpaired) electrons. The Bertz CT molecular complexity index is 809. The lowest BCUT2D eigenvalue weighted by atomic mass is 10.1. The predicted molar refractivity (Wildman–Crippen MR) is 101 cm³/mol. The minimum absolute atomic E-state index is 0.0787. The van der Waals surface area contributed by atoms with E-state index in [4.69, 9.17) is 9.47 Å². The zero-order chi connectivity index (χ0) is 18.1. The normalized spacial score (nSPS) is 15.9. The number of aryl methyl sites for hydroxylation is 2. The number of urea groups is 1. The molecule has 0 bridgehead atoms. The van der Waals surface area contributed by atoms with Gasteiger partial charge in [-0.2, -0.15) is 0 Å². The molecule has 0 spiro atoms. The lowest BCUT2D eigenvalue weighted by molar-refractivity contribution is 0.174. The number of carbonyl (C=O) groups excluding carboxylic acids is 1. The van der Waals surface area contributed by atoms with Crippen molar-refractivity contribution in [3.8, 4) is 11.5 Å². The lowest BCUT2D eigenvalue weighted by Crippen LogP contribution is -2.50. The number of ether oxygens (including phenoxy) is 2. The molecule has 6 heteroatoms. The number of nitrogens with one attached hydrogen (secondary N) is 1. The van der Waals surface area contributed by atoms with Gasteiger partial charge in [0.1, 0.15) is 0 Å². The molecule has 1 fully saturated rings. The lowest BCUT2D eigenvalue weighted by Gasteiger charge is -2.37. The van der Waals surface area contributed by atoms with Gasteiger partial charge in [0.05, 0.1) is 0 Å². The van der Waals surface area contributed by atoms with Crippen molar-refractivity contribution in [2.24, 2.45) is 0 Å². The molecule has 2 aromatic carbocycles. The first-order valence-electron chi connectivity index (χ1n) is 8.88. The van der Waals surface area contributed by atoms with Gasteiger partial charge in [-0.05, 0) is 37.1 Å². The molecule has 6 nitrogen and oxygen atoms in total. The Morgan fingerprint density at radius 2 is 1.65 bits per heavy atom. The van der Waals surface area contributed by atoms with Crippen LogP contribution in [0.2, 0.25) is 0 Å². The van der Waals surface area contributed by atoms with Crippen LogP contribution in [-0.2, 0) is 0 Å². The second-order valence-corrected chi connectivity index (χ2v) is 6.71. The molecule has 0 saturated carbocycles. The fourth-order valence-electron chi connectivity index (χ4n) is 3.61. The summed E-state index contributed by atoms with van der Waals surface area (Å²) in [5.41, 5.74) is 4.58. The molecule has 4 rings (SSSR count). The summed E-state index contributed by atoms with van der Waals surface area (Å²) >= 11 is 0. The maximum atomic E-state index is 12.6. The topological polar surface area (TPSA) is 54.0 Å². The van der Waals surface area contributed by atoms with Crippen LogP contribution in [0.15, 0.2) is 36.4 Å². The molecule has 1 N–H and O–H groups in total. The van der Waals surface area contributed by atoms with Crippen molar-refractivity contribution < 1.29 is 14.3 Å². The molecular weight excluding hydrogens is 330 g/mol. The summed E-state index contributed by atoms with van der Waals surface area (Å²) < 4.78 is 10.7. The van der Waals surface area contributed by atoms with E-state index < -0.39 is 0 Å². The van der Waals surface area contributed by atoms with Gasteiger partial charge in [-0.15, -0.1) is 0 Å². The SMILES string of the molecule is Cc1cccc(C)c1N1CCN(C(=O)Nc2ccc3c(c2)OCO3)CC1. The summed E-state index contributed by atoms with van der Waals surface area (Å²) in [6, 6.07) is 11.7. The van der Waals surface area contributed by atoms with Gasteiger partial charge in [0.2, 0.25) is 6.79 Å². The number of para-hydroxylation sites is 1.